The van der Waals surface area contributed by atoms with Crippen LogP contribution in [0.2, 0.25) is 5.02 Å². The number of Topliss-reactive ketones (excluding diaryl/α,β-unsaturated/α-hetero) is 1. The summed E-state index contributed by atoms with van der Waals surface area (Å²) in [6, 6.07) is 12.7. The second kappa shape index (κ2) is 6.45. The molecule has 0 unspecified atom stereocenters. The lowest BCUT2D eigenvalue weighted by Gasteiger charge is -2.02. The number of nitrogens with zero attached hydrogens (tertiary/aromatic N) is 2. The van der Waals surface area contributed by atoms with E-state index in [1.807, 2.05) is 12.1 Å². The number of benzene rings is 2. The first-order valence-electron chi connectivity index (χ1n) is 7.31. The van der Waals surface area contributed by atoms with Crippen molar-refractivity contribution in [3.8, 4) is 11.3 Å². The van der Waals surface area contributed by atoms with Gasteiger partial charge >= 0.3 is 0 Å². The minimum atomic E-state index is -0.384. The molecule has 2 aromatic carbocycles. The molecule has 0 amide bonds. The average molecular weight is 344 g/mol. The first kappa shape index (κ1) is 16.2. The van der Waals surface area contributed by atoms with Crippen LogP contribution in [0.3, 0.4) is 0 Å². The van der Waals surface area contributed by atoms with Crippen molar-refractivity contribution in [2.24, 2.45) is 7.05 Å². The second-order valence-electron chi connectivity index (χ2n) is 5.46. The fraction of sp³-hybridized carbons (Fsp3) is 0.111. The molecule has 0 spiro atoms. The summed E-state index contributed by atoms with van der Waals surface area (Å²) in [5.41, 5.74) is 2.34. The van der Waals surface area contributed by atoms with Gasteiger partial charge in [0, 0.05) is 23.8 Å². The van der Waals surface area contributed by atoms with E-state index in [9.17, 15) is 9.18 Å². The van der Waals surface area contributed by atoms with E-state index in [0.717, 1.165) is 11.3 Å². The number of halogens is 2. The largest absolute Gasteiger partial charge is 0.314 e. The Morgan fingerprint density at radius 2 is 1.75 bits per heavy atom. The van der Waals surface area contributed by atoms with Gasteiger partial charge in [-0.05, 0) is 42.0 Å². The Kier molecular flexibility index (Phi) is 4.36. The van der Waals surface area contributed by atoms with Crippen LogP contribution in [0, 0.1) is 11.2 Å². The van der Waals surface area contributed by atoms with Crippen LogP contribution in [0.1, 0.15) is 10.4 Å². The van der Waals surface area contributed by atoms with E-state index < -0.39 is 0 Å². The third kappa shape index (κ3) is 3.16. The summed E-state index contributed by atoms with van der Waals surface area (Å²) in [5.74, 6) is -0.563. The highest BCUT2D eigenvalue weighted by Crippen LogP contribution is 2.20. The fourth-order valence-corrected chi connectivity index (χ4v) is 2.62. The van der Waals surface area contributed by atoms with Gasteiger partial charge in [-0.3, -0.25) is 10.2 Å². The van der Waals surface area contributed by atoms with Gasteiger partial charge in [0.15, 0.2) is 5.78 Å². The van der Waals surface area contributed by atoms with E-state index >= 15 is 0 Å². The maximum atomic E-state index is 13.0. The zero-order valence-electron chi connectivity index (χ0n) is 13.0. The highest BCUT2D eigenvalue weighted by atomic mass is 35.5. The molecule has 0 saturated heterocycles. The molecule has 0 fully saturated rings. The summed E-state index contributed by atoms with van der Waals surface area (Å²) in [6.07, 6.45) is 1.76. The maximum absolute atomic E-state index is 13.0. The molecule has 0 saturated carbocycles. The normalized spacial score (nSPS) is 10.8. The van der Waals surface area contributed by atoms with Gasteiger partial charge in [-0.25, -0.2) is 4.39 Å². The number of imidazole rings is 1. The third-order valence-electron chi connectivity index (χ3n) is 3.85. The van der Waals surface area contributed by atoms with Gasteiger partial charge < -0.3 is 9.13 Å². The quantitative estimate of drug-likeness (QED) is 0.722. The molecular weight excluding hydrogens is 329 g/mol. The smallest absolute Gasteiger partial charge is 0.202 e. The molecule has 1 N–H and O–H groups in total. The molecule has 1 heterocycles. The van der Waals surface area contributed by atoms with Gasteiger partial charge in [0.05, 0.1) is 12.2 Å². The van der Waals surface area contributed by atoms with Crippen molar-refractivity contribution in [2.45, 2.75) is 6.54 Å². The Balaban J connectivity index is 1.91. The molecule has 0 bridgehead atoms. The van der Waals surface area contributed by atoms with Gasteiger partial charge in [-0.1, -0.05) is 23.7 Å². The predicted octanol–water partition coefficient (Wildman–Crippen LogP) is 3.65. The Hall–Kier alpha value is -2.66. The topological polar surface area (TPSA) is 50.8 Å². The Bertz CT molecular complexity index is 940. The van der Waals surface area contributed by atoms with Gasteiger partial charge in [-0.2, -0.15) is 0 Å². The molecule has 3 aromatic rings. The first-order valence-corrected chi connectivity index (χ1v) is 7.69. The number of rotatable bonds is 4. The molecule has 0 aliphatic rings. The Morgan fingerprint density at radius 1 is 1.12 bits per heavy atom. The van der Waals surface area contributed by atoms with E-state index in [0.29, 0.717) is 10.6 Å². The molecule has 122 valence electrons. The second-order valence-corrected chi connectivity index (χ2v) is 5.90. The zero-order valence-corrected chi connectivity index (χ0v) is 13.7. The summed E-state index contributed by atoms with van der Waals surface area (Å²) in [5, 5.41) is 8.82. The molecular formula is C18H15ClFN3O. The summed E-state index contributed by atoms with van der Waals surface area (Å²) in [4.78, 5) is 12.3. The van der Waals surface area contributed by atoms with Gasteiger partial charge in [0.25, 0.3) is 0 Å². The lowest BCUT2D eigenvalue weighted by atomic mass is 10.1. The summed E-state index contributed by atoms with van der Waals surface area (Å²) < 4.78 is 16.2. The number of ketones is 1. The van der Waals surface area contributed by atoms with Crippen LogP contribution in [-0.2, 0) is 13.6 Å². The number of aromatic nitrogens is 2. The Labute approximate surface area is 143 Å². The number of nitrogens with one attached hydrogen (secondary N) is 1. The van der Waals surface area contributed by atoms with Crippen molar-refractivity contribution in [3.63, 3.8) is 0 Å². The number of carbonyl (C=O) groups is 1. The maximum Gasteiger partial charge on any atom is 0.202 e. The average Bonchev–Trinajstić information content (AvgIpc) is 2.85. The van der Waals surface area contributed by atoms with Crippen LogP contribution in [0.5, 0.6) is 0 Å². The highest BCUT2D eigenvalue weighted by Gasteiger charge is 2.12. The molecule has 6 heteroatoms. The lowest BCUT2D eigenvalue weighted by molar-refractivity contribution is 0.0970. The van der Waals surface area contributed by atoms with Crippen molar-refractivity contribution >= 4 is 17.4 Å². The monoisotopic (exact) mass is 343 g/mol. The van der Waals surface area contributed by atoms with Gasteiger partial charge in [0.1, 0.15) is 5.82 Å². The SMILES string of the molecule is Cn1c(-c2ccc(Cl)cc2)cn(CC(=O)c2ccc(F)cc2)c1=N. The van der Waals surface area contributed by atoms with Crippen LogP contribution < -0.4 is 5.62 Å². The van der Waals surface area contributed by atoms with E-state index in [4.69, 9.17) is 17.0 Å². The van der Waals surface area contributed by atoms with E-state index in [-0.39, 0.29) is 23.8 Å². The van der Waals surface area contributed by atoms with E-state index in [2.05, 4.69) is 0 Å². The van der Waals surface area contributed by atoms with E-state index in [1.165, 1.54) is 24.3 Å². The van der Waals surface area contributed by atoms with Crippen LogP contribution in [-0.4, -0.2) is 14.9 Å². The molecule has 0 aliphatic heterocycles. The van der Waals surface area contributed by atoms with Crippen LogP contribution >= 0.6 is 11.6 Å². The van der Waals surface area contributed by atoms with Crippen LogP contribution in [0.15, 0.2) is 54.7 Å². The number of hydrogen-bond acceptors (Lipinski definition) is 2. The highest BCUT2D eigenvalue weighted by molar-refractivity contribution is 6.30. The molecule has 0 aliphatic carbocycles. The minimum Gasteiger partial charge on any atom is -0.314 e. The van der Waals surface area contributed by atoms with Gasteiger partial charge in [0.2, 0.25) is 5.62 Å². The first-order chi connectivity index (χ1) is 11.5. The van der Waals surface area contributed by atoms with Crippen molar-refractivity contribution in [1.29, 1.82) is 5.41 Å². The third-order valence-corrected chi connectivity index (χ3v) is 4.10. The standard InChI is InChI=1S/C18H15ClFN3O/c1-22-16(12-2-6-14(19)7-3-12)10-23(18(22)21)11-17(24)13-4-8-15(20)9-5-13/h2-10,21H,11H2,1H3. The number of hydrogen-bond donors (Lipinski definition) is 1. The number of carbonyl (C=O) groups excluding carboxylic acids is 1. The van der Waals surface area contributed by atoms with E-state index in [1.54, 1.807) is 34.5 Å². The van der Waals surface area contributed by atoms with Gasteiger partial charge in [-0.15, -0.1) is 0 Å². The lowest BCUT2D eigenvalue weighted by Crippen LogP contribution is -2.25. The predicted molar refractivity (Wildman–Crippen MR) is 90.4 cm³/mol. The van der Waals surface area contributed by atoms with Crippen molar-refractivity contribution in [3.05, 3.63) is 76.7 Å². The minimum absolute atomic E-state index is 0.0197. The molecule has 0 radical (unpaired) electrons. The molecule has 0 atom stereocenters. The molecule has 3 rings (SSSR count). The van der Waals surface area contributed by atoms with Crippen LogP contribution in [0.25, 0.3) is 11.3 Å². The van der Waals surface area contributed by atoms with Crippen molar-refractivity contribution < 1.29 is 9.18 Å². The molecule has 4 nitrogen and oxygen atoms in total. The van der Waals surface area contributed by atoms with Crippen molar-refractivity contribution in [2.75, 3.05) is 0 Å². The van der Waals surface area contributed by atoms with Crippen LogP contribution in [0.4, 0.5) is 4.39 Å². The summed E-state index contributed by atoms with van der Waals surface area (Å²) in [6.45, 7) is 0.0197. The molecule has 1 aromatic heterocycles. The molecule has 24 heavy (non-hydrogen) atoms. The fourth-order valence-electron chi connectivity index (χ4n) is 2.49. The zero-order chi connectivity index (χ0) is 17.3. The summed E-state index contributed by atoms with van der Waals surface area (Å²) in [7, 11) is 1.77. The summed E-state index contributed by atoms with van der Waals surface area (Å²) >= 11 is 5.90. The van der Waals surface area contributed by atoms with Crippen molar-refractivity contribution in [1.82, 2.24) is 9.13 Å². The Morgan fingerprint density at radius 3 is 2.38 bits per heavy atom.